The number of carbonyl (C=O) groups excluding carboxylic acids is 3. The van der Waals surface area contributed by atoms with Gasteiger partial charge in [-0.15, -0.1) is 0 Å². The van der Waals surface area contributed by atoms with Gasteiger partial charge in [0.15, 0.2) is 5.78 Å². The van der Waals surface area contributed by atoms with Crippen molar-refractivity contribution >= 4 is 23.3 Å². The minimum absolute atomic E-state index is 0.0564. The second-order valence-corrected chi connectivity index (χ2v) is 7.13. The van der Waals surface area contributed by atoms with Crippen molar-refractivity contribution in [1.82, 2.24) is 9.88 Å². The number of hydrogen-bond donors (Lipinski definition) is 2. The van der Waals surface area contributed by atoms with Crippen molar-refractivity contribution in [1.29, 1.82) is 0 Å². The molecule has 0 aliphatic carbocycles. The molecule has 27 heavy (non-hydrogen) atoms. The van der Waals surface area contributed by atoms with Gasteiger partial charge in [-0.2, -0.15) is 0 Å². The summed E-state index contributed by atoms with van der Waals surface area (Å²) in [6.07, 6.45) is 1.53. The number of likely N-dealkylation sites (tertiary alicyclic amines) is 1. The number of Topliss-reactive ketones (excluding diaryl/α,β-unsaturated/α-hetero) is 1. The van der Waals surface area contributed by atoms with Crippen molar-refractivity contribution in [2.45, 2.75) is 33.6 Å². The van der Waals surface area contributed by atoms with Crippen LogP contribution in [0.25, 0.3) is 0 Å². The van der Waals surface area contributed by atoms with Crippen molar-refractivity contribution in [2.75, 3.05) is 18.4 Å². The van der Waals surface area contributed by atoms with Gasteiger partial charge in [0, 0.05) is 30.0 Å². The molecule has 2 aromatic rings. The molecule has 6 heteroatoms. The molecule has 0 bridgehead atoms. The smallest absolute Gasteiger partial charge is 0.270 e. The lowest BCUT2D eigenvalue weighted by Crippen LogP contribution is -2.44. The van der Waals surface area contributed by atoms with Gasteiger partial charge in [-0.1, -0.05) is 18.2 Å². The molecule has 1 aromatic heterocycles. The van der Waals surface area contributed by atoms with Gasteiger partial charge in [0.2, 0.25) is 5.91 Å². The normalized spacial score (nSPS) is 16.9. The minimum atomic E-state index is -0.244. The molecule has 2 heterocycles. The molecular weight excluding hydrogens is 342 g/mol. The largest absolute Gasteiger partial charge is 0.354 e. The van der Waals surface area contributed by atoms with Gasteiger partial charge in [0.05, 0.1) is 5.92 Å². The molecule has 142 valence electrons. The Labute approximate surface area is 159 Å². The number of piperidine rings is 1. The van der Waals surface area contributed by atoms with Crippen LogP contribution in [-0.2, 0) is 4.79 Å². The van der Waals surface area contributed by atoms with E-state index in [2.05, 4.69) is 10.3 Å². The third-order valence-corrected chi connectivity index (χ3v) is 5.12. The van der Waals surface area contributed by atoms with Gasteiger partial charge in [-0.05, 0) is 51.3 Å². The second kappa shape index (κ2) is 7.78. The fourth-order valence-electron chi connectivity index (χ4n) is 3.79. The molecule has 1 atom stereocenters. The van der Waals surface area contributed by atoms with Crippen molar-refractivity contribution in [2.24, 2.45) is 5.92 Å². The fraction of sp³-hybridized carbons (Fsp3) is 0.381. The molecule has 1 aliphatic rings. The molecule has 0 spiro atoms. The lowest BCUT2D eigenvalue weighted by Gasteiger charge is -2.32. The van der Waals surface area contributed by atoms with Gasteiger partial charge in [-0.25, -0.2) is 0 Å². The zero-order valence-electron chi connectivity index (χ0n) is 16.0. The van der Waals surface area contributed by atoms with Crippen LogP contribution in [0.2, 0.25) is 0 Å². The van der Waals surface area contributed by atoms with Gasteiger partial charge < -0.3 is 15.2 Å². The molecule has 2 N–H and O–H groups in total. The highest BCUT2D eigenvalue weighted by atomic mass is 16.2. The van der Waals surface area contributed by atoms with E-state index >= 15 is 0 Å². The average Bonchev–Trinajstić information content (AvgIpc) is 2.96. The molecule has 3 rings (SSSR count). The Morgan fingerprint density at radius 3 is 2.48 bits per heavy atom. The first-order chi connectivity index (χ1) is 12.9. The van der Waals surface area contributed by atoms with Crippen molar-refractivity contribution in [3.05, 3.63) is 52.8 Å². The SMILES string of the molecule is CC(=O)c1c(C)[nH]c(C(=O)N2CCC[C@H](C(=O)Nc3ccccc3)C2)c1C. The summed E-state index contributed by atoms with van der Waals surface area (Å²) in [7, 11) is 0. The Balaban J connectivity index is 1.72. The molecule has 0 unspecified atom stereocenters. The van der Waals surface area contributed by atoms with E-state index in [4.69, 9.17) is 0 Å². The molecule has 2 amide bonds. The van der Waals surface area contributed by atoms with Gasteiger partial charge in [-0.3, -0.25) is 14.4 Å². The highest BCUT2D eigenvalue weighted by Gasteiger charge is 2.31. The number of nitrogens with one attached hydrogen (secondary N) is 2. The summed E-state index contributed by atoms with van der Waals surface area (Å²) in [6.45, 7) is 6.08. The number of hydrogen-bond acceptors (Lipinski definition) is 3. The summed E-state index contributed by atoms with van der Waals surface area (Å²) in [5.74, 6) is -0.520. The van der Waals surface area contributed by atoms with E-state index in [0.29, 0.717) is 35.6 Å². The number of para-hydroxylation sites is 1. The third kappa shape index (κ3) is 3.94. The van der Waals surface area contributed by atoms with E-state index < -0.39 is 0 Å². The van der Waals surface area contributed by atoms with E-state index in [1.165, 1.54) is 6.92 Å². The lowest BCUT2D eigenvalue weighted by molar-refractivity contribution is -0.121. The van der Waals surface area contributed by atoms with Crippen molar-refractivity contribution in [3.63, 3.8) is 0 Å². The minimum Gasteiger partial charge on any atom is -0.354 e. The van der Waals surface area contributed by atoms with Crippen LogP contribution in [0.5, 0.6) is 0 Å². The topological polar surface area (TPSA) is 82.3 Å². The Morgan fingerprint density at radius 2 is 1.85 bits per heavy atom. The van der Waals surface area contributed by atoms with Crippen LogP contribution in [0.15, 0.2) is 30.3 Å². The fourth-order valence-corrected chi connectivity index (χ4v) is 3.79. The standard InChI is InChI=1S/C21H25N3O3/c1-13-18(15(3)25)14(2)22-19(13)21(27)24-11-7-8-16(12-24)20(26)23-17-9-5-4-6-10-17/h4-6,9-10,16,22H,7-8,11-12H2,1-3H3,(H,23,26)/t16-/m0/s1. The Hall–Kier alpha value is -2.89. The number of ketones is 1. The molecular formula is C21H25N3O3. The molecule has 1 aliphatic heterocycles. The predicted octanol–water partition coefficient (Wildman–Crippen LogP) is 3.33. The Bertz CT molecular complexity index is 870. The quantitative estimate of drug-likeness (QED) is 0.813. The van der Waals surface area contributed by atoms with Crippen LogP contribution in [-0.4, -0.2) is 40.6 Å². The predicted molar refractivity (Wildman–Crippen MR) is 104 cm³/mol. The van der Waals surface area contributed by atoms with Crippen LogP contribution >= 0.6 is 0 Å². The highest BCUT2D eigenvalue weighted by Crippen LogP contribution is 2.24. The molecule has 1 saturated heterocycles. The summed E-state index contributed by atoms with van der Waals surface area (Å²) >= 11 is 0. The number of rotatable bonds is 4. The maximum absolute atomic E-state index is 13.0. The van der Waals surface area contributed by atoms with Crippen LogP contribution in [0, 0.1) is 19.8 Å². The number of nitrogens with zero attached hydrogens (tertiary/aromatic N) is 1. The Kier molecular flexibility index (Phi) is 5.44. The number of carbonyl (C=O) groups is 3. The Morgan fingerprint density at radius 1 is 1.15 bits per heavy atom. The summed E-state index contributed by atoms with van der Waals surface area (Å²) in [5.41, 5.74) is 3.17. The van der Waals surface area contributed by atoms with Crippen molar-refractivity contribution in [3.8, 4) is 0 Å². The van der Waals surface area contributed by atoms with E-state index in [9.17, 15) is 14.4 Å². The number of aromatic amines is 1. The van der Waals surface area contributed by atoms with Crippen LogP contribution in [0.4, 0.5) is 5.69 Å². The summed E-state index contributed by atoms with van der Waals surface area (Å²) in [5, 5.41) is 2.92. The molecule has 6 nitrogen and oxygen atoms in total. The van der Waals surface area contributed by atoms with E-state index in [1.807, 2.05) is 30.3 Å². The number of aryl methyl sites for hydroxylation is 1. The first-order valence-corrected chi connectivity index (χ1v) is 9.23. The first kappa shape index (κ1) is 18.9. The number of H-pyrrole nitrogens is 1. The molecule has 0 saturated carbocycles. The number of aromatic nitrogens is 1. The lowest BCUT2D eigenvalue weighted by atomic mass is 9.96. The molecule has 1 fully saturated rings. The average molecular weight is 367 g/mol. The third-order valence-electron chi connectivity index (χ3n) is 5.12. The maximum atomic E-state index is 13.0. The number of benzene rings is 1. The van der Waals surface area contributed by atoms with Gasteiger partial charge in [0.1, 0.15) is 5.69 Å². The first-order valence-electron chi connectivity index (χ1n) is 9.23. The number of amides is 2. The molecule has 0 radical (unpaired) electrons. The molecule has 1 aromatic carbocycles. The van der Waals surface area contributed by atoms with Crippen LogP contribution in [0.3, 0.4) is 0 Å². The highest BCUT2D eigenvalue weighted by molar-refractivity contribution is 6.02. The second-order valence-electron chi connectivity index (χ2n) is 7.13. The van der Waals surface area contributed by atoms with Crippen molar-refractivity contribution < 1.29 is 14.4 Å². The summed E-state index contributed by atoms with van der Waals surface area (Å²) in [4.78, 5) is 42.2. The zero-order chi connectivity index (χ0) is 19.6. The zero-order valence-corrected chi connectivity index (χ0v) is 16.0. The monoisotopic (exact) mass is 367 g/mol. The summed E-state index contributed by atoms with van der Waals surface area (Å²) in [6, 6.07) is 9.33. The van der Waals surface area contributed by atoms with E-state index in [1.54, 1.807) is 18.7 Å². The van der Waals surface area contributed by atoms with Crippen LogP contribution < -0.4 is 5.32 Å². The maximum Gasteiger partial charge on any atom is 0.270 e. The van der Waals surface area contributed by atoms with Gasteiger partial charge in [0.25, 0.3) is 5.91 Å². The summed E-state index contributed by atoms with van der Waals surface area (Å²) < 4.78 is 0. The van der Waals surface area contributed by atoms with E-state index in [0.717, 1.165) is 18.5 Å². The van der Waals surface area contributed by atoms with E-state index in [-0.39, 0.29) is 23.5 Å². The van der Waals surface area contributed by atoms with Crippen LogP contribution in [0.1, 0.15) is 51.9 Å². The van der Waals surface area contributed by atoms with Gasteiger partial charge >= 0.3 is 0 Å². The number of anilines is 1.